The van der Waals surface area contributed by atoms with E-state index in [0.717, 1.165) is 23.0 Å². The molecule has 0 aliphatic heterocycles. The number of aromatic hydroxyl groups is 1. The van der Waals surface area contributed by atoms with Gasteiger partial charge in [0.15, 0.2) is 0 Å². The lowest BCUT2D eigenvalue weighted by atomic mass is 9.86. The lowest BCUT2D eigenvalue weighted by molar-refractivity contribution is -0.935. The molecule has 2 nitrogen and oxygen atoms in total. The van der Waals surface area contributed by atoms with Gasteiger partial charge >= 0.3 is 0 Å². The van der Waals surface area contributed by atoms with Crippen LogP contribution in [0.4, 0.5) is 0 Å². The van der Waals surface area contributed by atoms with Crippen molar-refractivity contribution in [2.75, 3.05) is 20.6 Å². The summed E-state index contributed by atoms with van der Waals surface area (Å²) < 4.78 is 0.947. The van der Waals surface area contributed by atoms with E-state index in [-0.39, 0.29) is 11.5 Å². The highest BCUT2D eigenvalue weighted by molar-refractivity contribution is 5.43. The maximum absolute atomic E-state index is 10.5. The van der Waals surface area contributed by atoms with Crippen molar-refractivity contribution in [2.45, 2.75) is 45.6 Å². The second-order valence-corrected chi connectivity index (χ2v) is 8.39. The summed E-state index contributed by atoms with van der Waals surface area (Å²) in [6.07, 6.45) is 1.01. The van der Waals surface area contributed by atoms with Gasteiger partial charge < -0.3 is 9.59 Å². The van der Waals surface area contributed by atoms with Crippen LogP contribution in [0.5, 0.6) is 5.75 Å². The molecule has 24 heavy (non-hydrogen) atoms. The molecule has 2 rings (SSSR count). The molecule has 2 aromatic carbocycles. The predicted molar refractivity (Wildman–Crippen MR) is 102 cm³/mol. The van der Waals surface area contributed by atoms with Crippen molar-refractivity contribution in [3.63, 3.8) is 0 Å². The molecule has 0 heterocycles. The first kappa shape index (κ1) is 18.5. The molecule has 0 aliphatic carbocycles. The summed E-state index contributed by atoms with van der Waals surface area (Å²) >= 11 is 0. The van der Waals surface area contributed by atoms with E-state index in [1.807, 2.05) is 18.2 Å². The molecular weight excluding hydrogens is 294 g/mol. The molecule has 1 N–H and O–H groups in total. The molecule has 0 amide bonds. The summed E-state index contributed by atoms with van der Waals surface area (Å²) in [5, 5.41) is 10.5. The normalized spacial score (nSPS) is 13.8. The van der Waals surface area contributed by atoms with Gasteiger partial charge in [-0.25, -0.2) is 0 Å². The van der Waals surface area contributed by atoms with Gasteiger partial charge in [-0.1, -0.05) is 48.0 Å². The molecule has 1 atom stereocenters. The molecule has 0 saturated heterocycles. The van der Waals surface area contributed by atoms with E-state index in [2.05, 4.69) is 72.1 Å². The minimum atomic E-state index is 0.190. The van der Waals surface area contributed by atoms with Crippen LogP contribution in [0.2, 0.25) is 0 Å². The van der Waals surface area contributed by atoms with Crippen molar-refractivity contribution in [2.24, 2.45) is 0 Å². The van der Waals surface area contributed by atoms with Crippen LogP contribution < -0.4 is 0 Å². The highest BCUT2D eigenvalue weighted by atomic mass is 16.3. The fourth-order valence-electron chi connectivity index (χ4n) is 2.93. The number of rotatable bonds is 5. The molecule has 0 aliphatic rings. The van der Waals surface area contributed by atoms with Crippen molar-refractivity contribution in [3.8, 4) is 5.75 Å². The Morgan fingerprint density at radius 1 is 1.00 bits per heavy atom. The maximum atomic E-state index is 10.5. The first-order chi connectivity index (χ1) is 11.1. The Kier molecular flexibility index (Phi) is 5.39. The Bertz CT molecular complexity index is 668. The molecule has 2 aromatic rings. The average molecular weight is 327 g/mol. The van der Waals surface area contributed by atoms with Crippen LogP contribution in [0.1, 0.15) is 49.8 Å². The number of benzene rings is 2. The zero-order valence-corrected chi connectivity index (χ0v) is 16.0. The molecule has 0 fully saturated rings. The van der Waals surface area contributed by atoms with Crippen LogP contribution in [0, 0.1) is 6.92 Å². The SMILES string of the molecule is Cc1ccc(O)c([C@H](CC[N+](C)(C)C(C)(C)C)c2ccccc2)c1. The van der Waals surface area contributed by atoms with E-state index in [0.29, 0.717) is 5.75 Å². The fraction of sp³-hybridized carbons (Fsp3) is 0.455. The van der Waals surface area contributed by atoms with Gasteiger partial charge in [-0.15, -0.1) is 0 Å². The Balaban J connectivity index is 2.37. The second kappa shape index (κ2) is 6.98. The molecule has 130 valence electrons. The molecule has 0 saturated carbocycles. The Hall–Kier alpha value is -1.80. The van der Waals surface area contributed by atoms with Gasteiger partial charge in [0.1, 0.15) is 5.75 Å². The predicted octanol–water partition coefficient (Wildman–Crippen LogP) is 5.10. The van der Waals surface area contributed by atoms with Crippen molar-refractivity contribution in [3.05, 3.63) is 65.2 Å². The van der Waals surface area contributed by atoms with E-state index in [4.69, 9.17) is 0 Å². The Morgan fingerprint density at radius 3 is 2.21 bits per heavy atom. The number of phenolic OH excluding ortho intramolecular Hbond substituents is 1. The topological polar surface area (TPSA) is 20.2 Å². The van der Waals surface area contributed by atoms with Gasteiger partial charge in [0.2, 0.25) is 0 Å². The number of phenols is 1. The summed E-state index contributed by atoms with van der Waals surface area (Å²) in [5.41, 5.74) is 3.69. The largest absolute Gasteiger partial charge is 0.508 e. The van der Waals surface area contributed by atoms with Gasteiger partial charge in [0.25, 0.3) is 0 Å². The number of quaternary nitrogens is 1. The molecule has 0 aromatic heterocycles. The van der Waals surface area contributed by atoms with Crippen LogP contribution >= 0.6 is 0 Å². The van der Waals surface area contributed by atoms with E-state index >= 15 is 0 Å². The van der Waals surface area contributed by atoms with Crippen molar-refractivity contribution >= 4 is 0 Å². The number of nitrogens with zero attached hydrogens (tertiary/aromatic N) is 1. The van der Waals surface area contributed by atoms with Crippen molar-refractivity contribution < 1.29 is 9.59 Å². The smallest absolute Gasteiger partial charge is 0.119 e. The van der Waals surface area contributed by atoms with Gasteiger partial charge in [-0.05, 0) is 39.3 Å². The van der Waals surface area contributed by atoms with E-state index in [1.165, 1.54) is 11.1 Å². The molecular formula is C22H32NO+. The molecule has 0 unspecified atom stereocenters. The highest BCUT2D eigenvalue weighted by Gasteiger charge is 2.32. The molecule has 0 spiro atoms. The van der Waals surface area contributed by atoms with Gasteiger partial charge in [-0.2, -0.15) is 0 Å². The lowest BCUT2D eigenvalue weighted by Gasteiger charge is -2.43. The Labute approximate surface area is 147 Å². The summed E-state index contributed by atoms with van der Waals surface area (Å²) in [6, 6.07) is 16.5. The summed E-state index contributed by atoms with van der Waals surface area (Å²) in [5.74, 6) is 0.612. The number of hydrogen-bond donors (Lipinski definition) is 1. The minimum Gasteiger partial charge on any atom is -0.508 e. The van der Waals surface area contributed by atoms with E-state index in [1.54, 1.807) is 0 Å². The average Bonchev–Trinajstić information content (AvgIpc) is 2.50. The third kappa shape index (κ3) is 4.18. The van der Waals surface area contributed by atoms with Crippen LogP contribution in [-0.2, 0) is 0 Å². The third-order valence-electron chi connectivity index (χ3n) is 5.55. The second-order valence-electron chi connectivity index (χ2n) is 8.39. The lowest BCUT2D eigenvalue weighted by Crippen LogP contribution is -2.54. The first-order valence-electron chi connectivity index (χ1n) is 8.79. The molecule has 2 heteroatoms. The Morgan fingerprint density at radius 2 is 1.62 bits per heavy atom. The maximum Gasteiger partial charge on any atom is 0.119 e. The third-order valence-corrected chi connectivity index (χ3v) is 5.55. The van der Waals surface area contributed by atoms with Crippen molar-refractivity contribution in [1.82, 2.24) is 0 Å². The van der Waals surface area contributed by atoms with E-state index < -0.39 is 0 Å². The summed E-state index contributed by atoms with van der Waals surface area (Å²) in [4.78, 5) is 0. The highest BCUT2D eigenvalue weighted by Crippen LogP contribution is 2.35. The standard InChI is InChI=1S/C22H31NO/c1-17-12-13-21(24)20(16-17)19(18-10-8-7-9-11-18)14-15-23(5,6)22(2,3)4/h7-13,16,19H,14-15H2,1-6H3/p+1/t19-/m1/s1. The number of hydrogen-bond acceptors (Lipinski definition) is 1. The fourth-order valence-corrected chi connectivity index (χ4v) is 2.93. The summed E-state index contributed by atoms with van der Waals surface area (Å²) in [7, 11) is 4.58. The van der Waals surface area contributed by atoms with Gasteiger partial charge in [-0.3, -0.25) is 0 Å². The summed E-state index contributed by atoms with van der Waals surface area (Å²) in [6.45, 7) is 9.99. The minimum absolute atomic E-state index is 0.190. The van der Waals surface area contributed by atoms with Crippen LogP contribution in [0.15, 0.2) is 48.5 Å². The zero-order chi connectivity index (χ0) is 18.0. The van der Waals surface area contributed by atoms with E-state index in [9.17, 15) is 5.11 Å². The van der Waals surface area contributed by atoms with Gasteiger partial charge in [0, 0.05) is 17.9 Å². The quantitative estimate of drug-likeness (QED) is 0.758. The monoisotopic (exact) mass is 326 g/mol. The first-order valence-corrected chi connectivity index (χ1v) is 8.79. The zero-order valence-electron chi connectivity index (χ0n) is 16.0. The van der Waals surface area contributed by atoms with Gasteiger partial charge in [0.05, 0.1) is 26.2 Å². The van der Waals surface area contributed by atoms with Crippen LogP contribution in [0.25, 0.3) is 0 Å². The van der Waals surface area contributed by atoms with Crippen molar-refractivity contribution in [1.29, 1.82) is 0 Å². The molecule has 0 radical (unpaired) electrons. The van der Waals surface area contributed by atoms with Crippen LogP contribution in [-0.4, -0.2) is 35.8 Å². The number of aryl methyl sites for hydroxylation is 1. The molecule has 0 bridgehead atoms. The van der Waals surface area contributed by atoms with Crippen LogP contribution in [0.3, 0.4) is 0 Å².